The Kier molecular flexibility index (Phi) is 5.00. The molecule has 1 fully saturated rings. The number of rotatable bonds is 5. The zero-order valence-corrected chi connectivity index (χ0v) is 12.4. The van der Waals surface area contributed by atoms with Gasteiger partial charge in [-0.05, 0) is 26.2 Å². The van der Waals surface area contributed by atoms with Crippen LogP contribution in [0.4, 0.5) is 11.8 Å². The molecule has 1 aromatic rings. The predicted octanol–water partition coefficient (Wildman–Crippen LogP) is 3.38. The predicted molar refractivity (Wildman–Crippen MR) is 80.8 cm³/mol. The van der Waals surface area contributed by atoms with Gasteiger partial charge < -0.3 is 10.2 Å². The van der Waals surface area contributed by atoms with E-state index >= 15 is 0 Å². The minimum Gasteiger partial charge on any atom is -0.357 e. The molecule has 1 heterocycles. The number of aromatic nitrogens is 2. The third-order valence-corrected chi connectivity index (χ3v) is 3.86. The fraction of sp³-hybridized carbons (Fsp3) is 0.733. The molecule has 106 valence electrons. The smallest absolute Gasteiger partial charge is 0.224 e. The van der Waals surface area contributed by atoms with Gasteiger partial charge in [0.2, 0.25) is 5.95 Å². The number of aryl methyl sites for hydroxylation is 1. The average Bonchev–Trinajstić information content (AvgIpc) is 2.44. The molecular formula is C15H26N4. The Hall–Kier alpha value is -1.32. The second-order valence-corrected chi connectivity index (χ2v) is 5.52. The summed E-state index contributed by atoms with van der Waals surface area (Å²) in [5.41, 5.74) is 1.03. The summed E-state index contributed by atoms with van der Waals surface area (Å²) in [6.45, 7) is 5.12. The lowest BCUT2D eigenvalue weighted by Crippen LogP contribution is -2.34. The summed E-state index contributed by atoms with van der Waals surface area (Å²) in [6.07, 6.45) is 7.75. The van der Waals surface area contributed by atoms with Crippen LogP contribution in [0.3, 0.4) is 0 Å². The lowest BCUT2D eigenvalue weighted by Gasteiger charge is -2.32. The van der Waals surface area contributed by atoms with Crippen LogP contribution in [0.5, 0.6) is 0 Å². The van der Waals surface area contributed by atoms with Gasteiger partial charge in [-0.2, -0.15) is 4.98 Å². The van der Waals surface area contributed by atoms with Gasteiger partial charge in [0.05, 0.1) is 0 Å². The Morgan fingerprint density at radius 3 is 2.68 bits per heavy atom. The number of anilines is 2. The standard InChI is InChI=1S/C15H26N4/c1-4-10-16-15-17-12(2)11-14(18-15)19(3)13-8-6-5-7-9-13/h11,13H,4-10H2,1-3H3,(H,16,17,18). The van der Waals surface area contributed by atoms with Crippen molar-refractivity contribution in [1.29, 1.82) is 0 Å². The highest BCUT2D eigenvalue weighted by molar-refractivity contribution is 5.45. The Bertz CT molecular complexity index is 399. The SMILES string of the molecule is CCCNc1nc(C)cc(N(C)C2CCCCC2)n1. The summed E-state index contributed by atoms with van der Waals surface area (Å²) in [4.78, 5) is 11.4. The van der Waals surface area contributed by atoms with Crippen LogP contribution >= 0.6 is 0 Å². The highest BCUT2D eigenvalue weighted by Gasteiger charge is 2.19. The van der Waals surface area contributed by atoms with Crippen molar-refractivity contribution in [1.82, 2.24) is 9.97 Å². The van der Waals surface area contributed by atoms with E-state index in [1.807, 2.05) is 6.92 Å². The van der Waals surface area contributed by atoms with Crippen LogP contribution in [-0.4, -0.2) is 29.6 Å². The molecule has 4 heteroatoms. The Labute approximate surface area is 116 Å². The molecule has 0 aliphatic heterocycles. The van der Waals surface area contributed by atoms with E-state index in [1.165, 1.54) is 32.1 Å². The van der Waals surface area contributed by atoms with Crippen molar-refractivity contribution in [2.75, 3.05) is 23.8 Å². The van der Waals surface area contributed by atoms with Crippen LogP contribution in [0.1, 0.15) is 51.1 Å². The lowest BCUT2D eigenvalue weighted by molar-refractivity contribution is 0.426. The van der Waals surface area contributed by atoms with Gasteiger partial charge in [-0.15, -0.1) is 0 Å². The Balaban J connectivity index is 2.11. The van der Waals surface area contributed by atoms with Crippen LogP contribution in [0.2, 0.25) is 0 Å². The number of hydrogen-bond acceptors (Lipinski definition) is 4. The van der Waals surface area contributed by atoms with Gasteiger partial charge in [-0.25, -0.2) is 4.98 Å². The molecule has 1 saturated carbocycles. The third-order valence-electron chi connectivity index (χ3n) is 3.86. The van der Waals surface area contributed by atoms with E-state index in [0.717, 1.165) is 30.4 Å². The maximum atomic E-state index is 4.65. The van der Waals surface area contributed by atoms with E-state index < -0.39 is 0 Å². The first-order valence-electron chi connectivity index (χ1n) is 7.53. The van der Waals surface area contributed by atoms with Gasteiger partial charge in [0.1, 0.15) is 5.82 Å². The maximum absolute atomic E-state index is 4.65. The highest BCUT2D eigenvalue weighted by Crippen LogP contribution is 2.25. The summed E-state index contributed by atoms with van der Waals surface area (Å²) in [7, 11) is 2.17. The monoisotopic (exact) mass is 262 g/mol. The van der Waals surface area contributed by atoms with Crippen LogP contribution in [0.25, 0.3) is 0 Å². The highest BCUT2D eigenvalue weighted by atomic mass is 15.2. The molecule has 1 aliphatic carbocycles. The topological polar surface area (TPSA) is 41.1 Å². The van der Waals surface area contributed by atoms with E-state index in [2.05, 4.69) is 40.2 Å². The quantitative estimate of drug-likeness (QED) is 0.883. The molecule has 0 spiro atoms. The van der Waals surface area contributed by atoms with Crippen molar-refractivity contribution in [3.05, 3.63) is 11.8 Å². The van der Waals surface area contributed by atoms with Crippen LogP contribution in [0.15, 0.2) is 6.07 Å². The average molecular weight is 262 g/mol. The fourth-order valence-corrected chi connectivity index (χ4v) is 2.70. The van der Waals surface area contributed by atoms with Crippen molar-refractivity contribution in [2.45, 2.75) is 58.4 Å². The Morgan fingerprint density at radius 1 is 1.26 bits per heavy atom. The first-order chi connectivity index (χ1) is 9.20. The molecule has 19 heavy (non-hydrogen) atoms. The summed E-state index contributed by atoms with van der Waals surface area (Å²) in [6, 6.07) is 2.73. The van der Waals surface area contributed by atoms with Crippen LogP contribution in [-0.2, 0) is 0 Å². The van der Waals surface area contributed by atoms with Crippen molar-refractivity contribution < 1.29 is 0 Å². The summed E-state index contributed by atoms with van der Waals surface area (Å²) >= 11 is 0. The molecule has 2 rings (SSSR count). The van der Waals surface area contributed by atoms with Gasteiger partial charge in [-0.3, -0.25) is 0 Å². The third kappa shape index (κ3) is 3.82. The van der Waals surface area contributed by atoms with Crippen LogP contribution < -0.4 is 10.2 Å². The van der Waals surface area contributed by atoms with Crippen molar-refractivity contribution in [3.8, 4) is 0 Å². The van der Waals surface area contributed by atoms with Gasteiger partial charge in [0.15, 0.2) is 0 Å². The second kappa shape index (κ2) is 6.73. The molecule has 1 aliphatic rings. The molecule has 0 saturated heterocycles. The first-order valence-corrected chi connectivity index (χ1v) is 7.53. The number of hydrogen-bond donors (Lipinski definition) is 1. The minimum atomic E-state index is 0.641. The van der Waals surface area contributed by atoms with Crippen molar-refractivity contribution in [2.24, 2.45) is 0 Å². The van der Waals surface area contributed by atoms with Gasteiger partial charge in [0, 0.05) is 31.4 Å². The normalized spacial score (nSPS) is 16.4. The van der Waals surface area contributed by atoms with Crippen molar-refractivity contribution in [3.63, 3.8) is 0 Å². The van der Waals surface area contributed by atoms with Gasteiger partial charge in [-0.1, -0.05) is 26.2 Å². The van der Waals surface area contributed by atoms with Gasteiger partial charge >= 0.3 is 0 Å². The molecule has 0 unspecified atom stereocenters. The van der Waals surface area contributed by atoms with Crippen molar-refractivity contribution >= 4 is 11.8 Å². The van der Waals surface area contributed by atoms with E-state index in [1.54, 1.807) is 0 Å². The van der Waals surface area contributed by atoms with E-state index in [0.29, 0.717) is 6.04 Å². The molecule has 1 aromatic heterocycles. The number of nitrogens with one attached hydrogen (secondary N) is 1. The lowest BCUT2D eigenvalue weighted by atomic mass is 9.94. The molecule has 4 nitrogen and oxygen atoms in total. The minimum absolute atomic E-state index is 0.641. The largest absolute Gasteiger partial charge is 0.357 e. The molecule has 1 N–H and O–H groups in total. The molecule has 0 bridgehead atoms. The summed E-state index contributed by atoms with van der Waals surface area (Å²) in [5, 5.41) is 3.28. The van der Waals surface area contributed by atoms with Crippen LogP contribution in [0, 0.1) is 6.92 Å². The van der Waals surface area contributed by atoms with E-state index in [4.69, 9.17) is 0 Å². The summed E-state index contributed by atoms with van der Waals surface area (Å²) < 4.78 is 0. The van der Waals surface area contributed by atoms with Gasteiger partial charge in [0.25, 0.3) is 0 Å². The second-order valence-electron chi connectivity index (χ2n) is 5.52. The zero-order valence-electron chi connectivity index (χ0n) is 12.4. The molecule has 0 atom stereocenters. The molecule has 0 radical (unpaired) electrons. The zero-order chi connectivity index (χ0) is 13.7. The summed E-state index contributed by atoms with van der Waals surface area (Å²) in [5.74, 6) is 1.82. The van der Waals surface area contributed by atoms with E-state index in [9.17, 15) is 0 Å². The molecule has 0 aromatic carbocycles. The first kappa shape index (κ1) is 14.1. The fourth-order valence-electron chi connectivity index (χ4n) is 2.70. The molecular weight excluding hydrogens is 236 g/mol. The Morgan fingerprint density at radius 2 is 2.00 bits per heavy atom. The molecule has 0 amide bonds. The maximum Gasteiger partial charge on any atom is 0.224 e. The van der Waals surface area contributed by atoms with E-state index in [-0.39, 0.29) is 0 Å². The number of nitrogens with zero attached hydrogens (tertiary/aromatic N) is 3.